The molecule has 1 aliphatic rings. The van der Waals surface area contributed by atoms with Gasteiger partial charge in [-0.1, -0.05) is 13.0 Å². The second-order valence-electron chi connectivity index (χ2n) is 6.66. The van der Waals surface area contributed by atoms with E-state index in [9.17, 15) is 18.0 Å². The summed E-state index contributed by atoms with van der Waals surface area (Å²) >= 11 is 0. The van der Waals surface area contributed by atoms with Crippen LogP contribution in [0, 0.1) is 6.92 Å². The van der Waals surface area contributed by atoms with Gasteiger partial charge in [0.25, 0.3) is 0 Å². The van der Waals surface area contributed by atoms with Crippen molar-refractivity contribution in [1.29, 1.82) is 0 Å². The van der Waals surface area contributed by atoms with Crippen molar-refractivity contribution < 1.29 is 32.4 Å². The number of amides is 1. The summed E-state index contributed by atoms with van der Waals surface area (Å²) in [7, 11) is 0. The zero-order chi connectivity index (χ0) is 21.9. The molecule has 0 saturated carbocycles. The van der Waals surface area contributed by atoms with Crippen LogP contribution in [0.2, 0.25) is 0 Å². The van der Waals surface area contributed by atoms with Gasteiger partial charge >= 0.3 is 12.3 Å². The van der Waals surface area contributed by atoms with Crippen molar-refractivity contribution in [2.75, 3.05) is 30.0 Å². The molecule has 0 unspecified atom stereocenters. The fourth-order valence-corrected chi connectivity index (χ4v) is 3.11. The first kappa shape index (κ1) is 21.6. The fourth-order valence-electron chi connectivity index (χ4n) is 3.11. The largest absolute Gasteiger partial charge is 0.444 e. The Morgan fingerprint density at radius 3 is 2.73 bits per heavy atom. The lowest BCUT2D eigenvalue weighted by atomic mass is 10.0. The molecule has 8 nitrogen and oxygen atoms in total. The molecule has 2 heterocycles. The highest BCUT2D eigenvalue weighted by Gasteiger charge is 2.37. The average molecular weight is 426 g/mol. The molecule has 2 N–H and O–H groups in total. The number of ether oxygens (including phenoxy) is 1. The summed E-state index contributed by atoms with van der Waals surface area (Å²) in [4.78, 5) is 13.7. The van der Waals surface area contributed by atoms with Crippen LogP contribution in [0.3, 0.4) is 0 Å². The van der Waals surface area contributed by atoms with Crippen LogP contribution in [0.5, 0.6) is 0 Å². The van der Waals surface area contributed by atoms with Crippen molar-refractivity contribution >= 4 is 23.3 Å². The van der Waals surface area contributed by atoms with Gasteiger partial charge in [0.2, 0.25) is 5.82 Å². The summed E-state index contributed by atoms with van der Waals surface area (Å²) in [5.74, 6) is 0.215. The third-order valence-electron chi connectivity index (χ3n) is 4.66. The van der Waals surface area contributed by atoms with Crippen molar-refractivity contribution in [2.45, 2.75) is 32.9 Å². The van der Waals surface area contributed by atoms with E-state index in [-0.39, 0.29) is 41.7 Å². The molecular formula is C19H21F3N4O4. The van der Waals surface area contributed by atoms with Gasteiger partial charge in [0, 0.05) is 13.2 Å². The minimum atomic E-state index is -4.58. The molecule has 0 spiro atoms. The number of alkyl halides is 3. The highest BCUT2D eigenvalue weighted by atomic mass is 19.4. The Balaban J connectivity index is 2.12. The number of cyclic esters (lactones) is 1. The molecule has 0 bridgehead atoms. The van der Waals surface area contributed by atoms with Gasteiger partial charge in [0.1, 0.15) is 6.61 Å². The summed E-state index contributed by atoms with van der Waals surface area (Å²) in [5, 5.41) is 19.6. The molecule has 1 aromatic carbocycles. The van der Waals surface area contributed by atoms with Crippen LogP contribution in [-0.4, -0.2) is 41.3 Å². The Morgan fingerprint density at radius 2 is 2.07 bits per heavy atom. The van der Waals surface area contributed by atoms with Gasteiger partial charge < -0.3 is 15.2 Å². The van der Waals surface area contributed by atoms with Gasteiger partial charge in [-0.15, -0.1) is 0 Å². The van der Waals surface area contributed by atoms with E-state index in [0.717, 1.165) is 11.0 Å². The molecule has 0 fully saturated rings. The van der Waals surface area contributed by atoms with Crippen LogP contribution >= 0.6 is 0 Å². The Labute approximate surface area is 170 Å². The molecule has 0 atom stereocenters. The van der Waals surface area contributed by atoms with Crippen molar-refractivity contribution in [3.63, 3.8) is 0 Å². The first-order chi connectivity index (χ1) is 14.3. The number of aryl methyl sites for hydroxylation is 1. The van der Waals surface area contributed by atoms with Gasteiger partial charge in [0.05, 0.1) is 16.9 Å². The Morgan fingerprint density at radius 1 is 1.30 bits per heavy atom. The minimum Gasteiger partial charge on any atom is -0.444 e. The number of benzene rings is 1. The second-order valence-corrected chi connectivity index (χ2v) is 6.66. The van der Waals surface area contributed by atoms with E-state index in [1.807, 2.05) is 6.92 Å². The summed E-state index contributed by atoms with van der Waals surface area (Å²) < 4.78 is 50.3. The molecule has 1 amide bonds. The standard InChI is InChI=1S/C19H21F3N4O4/c1-3-12-10-29-18(28)26(13-6-5-11(2)14(9-13)19(20,21)22)16(12)15-17(25-30-24-15)23-7-4-8-27/h5-6,9,27H,3-4,7-8,10H2,1-2H3,(H,23,25). The quantitative estimate of drug-likeness (QED) is 0.646. The molecule has 30 heavy (non-hydrogen) atoms. The van der Waals surface area contributed by atoms with E-state index in [1.165, 1.54) is 19.1 Å². The first-order valence-corrected chi connectivity index (χ1v) is 9.32. The smallest absolute Gasteiger partial charge is 0.419 e. The third kappa shape index (κ3) is 4.25. The topological polar surface area (TPSA) is 101 Å². The molecule has 0 radical (unpaired) electrons. The molecule has 1 aromatic heterocycles. The van der Waals surface area contributed by atoms with Crippen LogP contribution in [0.4, 0.5) is 29.5 Å². The number of carbonyl (C=O) groups is 1. The number of anilines is 2. The number of nitrogens with one attached hydrogen (secondary N) is 1. The summed E-state index contributed by atoms with van der Waals surface area (Å²) in [6.45, 7) is 3.47. The fraction of sp³-hybridized carbons (Fsp3) is 0.421. The number of carbonyl (C=O) groups excluding carboxylic acids is 1. The van der Waals surface area contributed by atoms with Gasteiger partial charge in [-0.05, 0) is 53.3 Å². The molecule has 0 saturated heterocycles. The average Bonchev–Trinajstić information content (AvgIpc) is 3.16. The van der Waals surface area contributed by atoms with Gasteiger partial charge in [-0.25, -0.2) is 14.3 Å². The van der Waals surface area contributed by atoms with Crippen LogP contribution in [0.25, 0.3) is 5.70 Å². The number of halogens is 3. The van der Waals surface area contributed by atoms with E-state index < -0.39 is 17.8 Å². The van der Waals surface area contributed by atoms with E-state index in [0.29, 0.717) is 25.0 Å². The number of aromatic nitrogens is 2. The second kappa shape index (κ2) is 8.74. The Hall–Kier alpha value is -3.08. The number of aliphatic hydroxyl groups excluding tert-OH is 1. The zero-order valence-electron chi connectivity index (χ0n) is 16.4. The third-order valence-corrected chi connectivity index (χ3v) is 4.66. The monoisotopic (exact) mass is 426 g/mol. The van der Waals surface area contributed by atoms with E-state index in [4.69, 9.17) is 14.5 Å². The molecule has 3 rings (SSSR count). The molecule has 11 heteroatoms. The maximum Gasteiger partial charge on any atom is 0.419 e. The summed E-state index contributed by atoms with van der Waals surface area (Å²) in [6, 6.07) is 3.61. The highest BCUT2D eigenvalue weighted by molar-refractivity contribution is 6.05. The number of hydrogen-bond donors (Lipinski definition) is 2. The maximum absolute atomic E-state index is 13.4. The van der Waals surface area contributed by atoms with E-state index >= 15 is 0 Å². The number of hydrogen-bond acceptors (Lipinski definition) is 7. The summed E-state index contributed by atoms with van der Waals surface area (Å²) in [5.41, 5.74) is 0.254. The molecular weight excluding hydrogens is 405 g/mol. The van der Waals surface area contributed by atoms with Crippen LogP contribution in [0.15, 0.2) is 28.4 Å². The maximum atomic E-state index is 13.4. The highest BCUT2D eigenvalue weighted by Crippen LogP contribution is 2.39. The van der Waals surface area contributed by atoms with Crippen LogP contribution in [-0.2, 0) is 10.9 Å². The number of rotatable bonds is 7. The number of nitrogens with zero attached hydrogens (tertiary/aromatic N) is 3. The van der Waals surface area contributed by atoms with Crippen molar-refractivity contribution in [3.05, 3.63) is 40.6 Å². The van der Waals surface area contributed by atoms with Gasteiger partial charge in [-0.3, -0.25) is 0 Å². The molecule has 2 aromatic rings. The predicted molar refractivity (Wildman–Crippen MR) is 102 cm³/mol. The van der Waals surface area contributed by atoms with Crippen LogP contribution < -0.4 is 10.2 Å². The Kier molecular flexibility index (Phi) is 6.30. The normalized spacial score (nSPS) is 14.9. The minimum absolute atomic E-state index is 0.0112. The molecule has 0 aliphatic carbocycles. The summed E-state index contributed by atoms with van der Waals surface area (Å²) in [6.07, 6.45) is -4.52. The lowest BCUT2D eigenvalue weighted by Gasteiger charge is -2.31. The van der Waals surface area contributed by atoms with E-state index in [2.05, 4.69) is 15.6 Å². The molecule has 162 valence electrons. The van der Waals surface area contributed by atoms with Crippen molar-refractivity contribution in [3.8, 4) is 0 Å². The van der Waals surface area contributed by atoms with E-state index in [1.54, 1.807) is 0 Å². The molecule has 1 aliphatic heterocycles. The lowest BCUT2D eigenvalue weighted by Crippen LogP contribution is -2.36. The zero-order valence-corrected chi connectivity index (χ0v) is 16.4. The number of aliphatic hydroxyl groups is 1. The van der Waals surface area contributed by atoms with Gasteiger partial charge in [0.15, 0.2) is 5.69 Å². The Bertz CT molecular complexity index is 955. The van der Waals surface area contributed by atoms with Crippen LogP contribution in [0.1, 0.15) is 36.6 Å². The van der Waals surface area contributed by atoms with Crippen molar-refractivity contribution in [2.24, 2.45) is 0 Å². The lowest BCUT2D eigenvalue weighted by molar-refractivity contribution is -0.138. The van der Waals surface area contributed by atoms with Gasteiger partial charge in [-0.2, -0.15) is 13.2 Å². The SMILES string of the molecule is CCC1=C(c2nonc2NCCCO)N(c2ccc(C)c(C(F)(F)F)c2)C(=O)OC1. The van der Waals surface area contributed by atoms with Crippen molar-refractivity contribution in [1.82, 2.24) is 10.3 Å². The predicted octanol–water partition coefficient (Wildman–Crippen LogP) is 3.97. The first-order valence-electron chi connectivity index (χ1n) is 9.32.